The molecule has 0 bridgehead atoms. The average molecular weight is 114 g/mol. The zero-order valence-electron chi connectivity index (χ0n) is 5.35. The average Bonchev–Trinajstić information content (AvgIpc) is 2.12. The van der Waals surface area contributed by atoms with Crippen molar-refractivity contribution in [2.24, 2.45) is 11.7 Å². The van der Waals surface area contributed by atoms with E-state index in [1.54, 1.807) is 0 Å². The molecule has 1 rings (SSSR count). The highest BCUT2D eigenvalue weighted by atomic mass is 14.9. The molecule has 1 heterocycles. The minimum atomic E-state index is 0.380. The molecule has 1 aliphatic rings. The maximum absolute atomic E-state index is 5.66. The van der Waals surface area contributed by atoms with Crippen LogP contribution in [0.3, 0.4) is 0 Å². The van der Waals surface area contributed by atoms with Gasteiger partial charge in [0.25, 0.3) is 0 Å². The van der Waals surface area contributed by atoms with Crippen LogP contribution in [0, 0.1) is 5.92 Å². The van der Waals surface area contributed by atoms with Crippen molar-refractivity contribution in [2.75, 3.05) is 13.1 Å². The Morgan fingerprint density at radius 1 is 1.75 bits per heavy atom. The standard InChI is InChI=1S/C6H14N2/c1-5(7)6-2-3-8-4-6/h5-6,8H,2-4,7H2,1H3/t5-,6-/m1/s1. The lowest BCUT2D eigenvalue weighted by atomic mass is 10.0. The predicted molar refractivity (Wildman–Crippen MR) is 34.6 cm³/mol. The third kappa shape index (κ3) is 1.20. The summed E-state index contributed by atoms with van der Waals surface area (Å²) in [6.07, 6.45) is 1.26. The van der Waals surface area contributed by atoms with Crippen LogP contribution in [0.25, 0.3) is 0 Å². The molecule has 1 saturated heterocycles. The van der Waals surface area contributed by atoms with E-state index in [-0.39, 0.29) is 0 Å². The lowest BCUT2D eigenvalue weighted by Gasteiger charge is -2.10. The van der Waals surface area contributed by atoms with Gasteiger partial charge < -0.3 is 11.1 Å². The van der Waals surface area contributed by atoms with Gasteiger partial charge in [0, 0.05) is 6.04 Å². The van der Waals surface area contributed by atoms with Gasteiger partial charge in [-0.2, -0.15) is 0 Å². The molecule has 0 amide bonds. The Balaban J connectivity index is 2.24. The molecule has 0 radical (unpaired) electrons. The van der Waals surface area contributed by atoms with Crippen LogP contribution in [0.1, 0.15) is 13.3 Å². The van der Waals surface area contributed by atoms with Gasteiger partial charge in [0.05, 0.1) is 0 Å². The number of hydrogen-bond donors (Lipinski definition) is 2. The molecule has 8 heavy (non-hydrogen) atoms. The summed E-state index contributed by atoms with van der Waals surface area (Å²) in [6, 6.07) is 0.380. The van der Waals surface area contributed by atoms with Gasteiger partial charge in [-0.15, -0.1) is 0 Å². The van der Waals surface area contributed by atoms with Crippen molar-refractivity contribution in [3.63, 3.8) is 0 Å². The third-order valence-corrected chi connectivity index (χ3v) is 1.84. The molecule has 0 unspecified atom stereocenters. The van der Waals surface area contributed by atoms with Gasteiger partial charge in [-0.25, -0.2) is 0 Å². The first-order chi connectivity index (χ1) is 3.80. The Morgan fingerprint density at radius 2 is 2.50 bits per heavy atom. The minimum Gasteiger partial charge on any atom is -0.328 e. The maximum Gasteiger partial charge on any atom is 0.00513 e. The second-order valence-corrected chi connectivity index (χ2v) is 2.61. The molecule has 0 aromatic heterocycles. The minimum absolute atomic E-state index is 0.380. The summed E-state index contributed by atoms with van der Waals surface area (Å²) in [7, 11) is 0. The zero-order valence-corrected chi connectivity index (χ0v) is 5.35. The summed E-state index contributed by atoms with van der Waals surface area (Å²) in [5, 5.41) is 3.27. The quantitative estimate of drug-likeness (QED) is 0.501. The number of nitrogens with two attached hydrogens (primary N) is 1. The van der Waals surface area contributed by atoms with Crippen molar-refractivity contribution in [2.45, 2.75) is 19.4 Å². The van der Waals surface area contributed by atoms with Crippen LogP contribution in [-0.2, 0) is 0 Å². The van der Waals surface area contributed by atoms with Crippen molar-refractivity contribution in [3.8, 4) is 0 Å². The van der Waals surface area contributed by atoms with Crippen LogP contribution in [0.15, 0.2) is 0 Å². The first kappa shape index (κ1) is 6.05. The fourth-order valence-corrected chi connectivity index (χ4v) is 1.13. The van der Waals surface area contributed by atoms with Crippen LogP contribution in [0.2, 0.25) is 0 Å². The van der Waals surface area contributed by atoms with E-state index in [1.807, 2.05) is 0 Å². The monoisotopic (exact) mass is 114 g/mol. The molecule has 0 aromatic rings. The molecule has 0 saturated carbocycles. The van der Waals surface area contributed by atoms with Crippen molar-refractivity contribution in [3.05, 3.63) is 0 Å². The fourth-order valence-electron chi connectivity index (χ4n) is 1.13. The molecule has 1 aliphatic heterocycles. The summed E-state index contributed by atoms with van der Waals surface area (Å²) in [6.45, 7) is 4.36. The molecule has 48 valence electrons. The zero-order chi connectivity index (χ0) is 5.98. The van der Waals surface area contributed by atoms with E-state index >= 15 is 0 Å². The number of hydrogen-bond acceptors (Lipinski definition) is 2. The van der Waals surface area contributed by atoms with E-state index in [2.05, 4.69) is 12.2 Å². The first-order valence-corrected chi connectivity index (χ1v) is 3.27. The first-order valence-electron chi connectivity index (χ1n) is 3.27. The number of rotatable bonds is 1. The normalized spacial score (nSPS) is 33.0. The molecular weight excluding hydrogens is 100 g/mol. The Kier molecular flexibility index (Phi) is 1.86. The fraction of sp³-hybridized carbons (Fsp3) is 1.00. The van der Waals surface area contributed by atoms with Gasteiger partial charge in [-0.1, -0.05) is 0 Å². The van der Waals surface area contributed by atoms with E-state index < -0.39 is 0 Å². The molecule has 0 aliphatic carbocycles. The van der Waals surface area contributed by atoms with Crippen molar-refractivity contribution in [1.29, 1.82) is 0 Å². The summed E-state index contributed by atoms with van der Waals surface area (Å²) < 4.78 is 0. The SMILES string of the molecule is C[C@@H](N)[C@@H]1CCNC1. The summed E-state index contributed by atoms with van der Waals surface area (Å²) in [4.78, 5) is 0. The molecule has 2 nitrogen and oxygen atoms in total. The molecule has 3 N–H and O–H groups in total. The molecule has 0 aromatic carbocycles. The van der Waals surface area contributed by atoms with Gasteiger partial charge >= 0.3 is 0 Å². The van der Waals surface area contributed by atoms with Gasteiger partial charge in [0.2, 0.25) is 0 Å². The van der Waals surface area contributed by atoms with Gasteiger partial charge in [0.1, 0.15) is 0 Å². The van der Waals surface area contributed by atoms with Gasteiger partial charge in [-0.05, 0) is 32.4 Å². The lowest BCUT2D eigenvalue weighted by Crippen LogP contribution is -2.27. The van der Waals surface area contributed by atoms with E-state index in [1.165, 1.54) is 6.42 Å². The Hall–Kier alpha value is -0.0800. The van der Waals surface area contributed by atoms with Crippen LogP contribution in [0.4, 0.5) is 0 Å². The molecule has 2 heteroatoms. The summed E-state index contributed by atoms with van der Waals surface area (Å²) in [5.74, 6) is 0.731. The number of nitrogens with one attached hydrogen (secondary N) is 1. The summed E-state index contributed by atoms with van der Waals surface area (Å²) in [5.41, 5.74) is 5.66. The molecule has 1 fully saturated rings. The Bertz CT molecular complexity index is 64.9. The van der Waals surface area contributed by atoms with E-state index in [0.29, 0.717) is 6.04 Å². The van der Waals surface area contributed by atoms with Crippen molar-refractivity contribution in [1.82, 2.24) is 5.32 Å². The van der Waals surface area contributed by atoms with Gasteiger partial charge in [0.15, 0.2) is 0 Å². The second kappa shape index (κ2) is 2.46. The highest BCUT2D eigenvalue weighted by Crippen LogP contribution is 2.09. The van der Waals surface area contributed by atoms with E-state index in [9.17, 15) is 0 Å². The van der Waals surface area contributed by atoms with Crippen LogP contribution in [-0.4, -0.2) is 19.1 Å². The lowest BCUT2D eigenvalue weighted by molar-refractivity contribution is 0.484. The second-order valence-electron chi connectivity index (χ2n) is 2.61. The van der Waals surface area contributed by atoms with Crippen LogP contribution >= 0.6 is 0 Å². The van der Waals surface area contributed by atoms with Crippen LogP contribution < -0.4 is 11.1 Å². The van der Waals surface area contributed by atoms with E-state index in [4.69, 9.17) is 5.73 Å². The van der Waals surface area contributed by atoms with E-state index in [0.717, 1.165) is 19.0 Å². The van der Waals surface area contributed by atoms with Crippen molar-refractivity contribution >= 4 is 0 Å². The summed E-state index contributed by atoms with van der Waals surface area (Å²) >= 11 is 0. The Morgan fingerprint density at radius 3 is 2.75 bits per heavy atom. The Labute approximate surface area is 50.4 Å². The van der Waals surface area contributed by atoms with Crippen molar-refractivity contribution < 1.29 is 0 Å². The smallest absolute Gasteiger partial charge is 0.00513 e. The maximum atomic E-state index is 5.66. The van der Waals surface area contributed by atoms with Gasteiger partial charge in [-0.3, -0.25) is 0 Å². The highest BCUT2D eigenvalue weighted by Gasteiger charge is 2.17. The largest absolute Gasteiger partial charge is 0.328 e. The van der Waals surface area contributed by atoms with Crippen LogP contribution in [0.5, 0.6) is 0 Å². The highest BCUT2D eigenvalue weighted by molar-refractivity contribution is 4.77. The third-order valence-electron chi connectivity index (χ3n) is 1.84. The molecule has 0 spiro atoms. The molecule has 2 atom stereocenters. The topological polar surface area (TPSA) is 38.0 Å². The predicted octanol–water partition coefficient (Wildman–Crippen LogP) is -0.0569. The molecular formula is C6H14N2.